The van der Waals surface area contributed by atoms with Crippen LogP contribution in [0.1, 0.15) is 39.0 Å². The number of ether oxygens (including phenoxy) is 1. The number of carbonyl (C=O) groups excluding carboxylic acids is 1. The van der Waals surface area contributed by atoms with Gasteiger partial charge in [0.25, 0.3) is 0 Å². The molecule has 1 aliphatic carbocycles. The van der Waals surface area contributed by atoms with E-state index in [9.17, 15) is 4.79 Å². The number of carbonyl (C=O) groups is 1. The summed E-state index contributed by atoms with van der Waals surface area (Å²) in [7, 11) is -1.31. The fourth-order valence-electron chi connectivity index (χ4n) is 3.26. The summed E-state index contributed by atoms with van der Waals surface area (Å²) in [5, 5.41) is 0. The highest BCUT2D eigenvalue weighted by Gasteiger charge is 2.26. The Bertz CT molecular complexity index is 379. The molecule has 2 atom stereocenters. The fourth-order valence-corrected chi connectivity index (χ4v) is 4.70. The highest BCUT2D eigenvalue weighted by molar-refractivity contribution is 6.77. The number of esters is 1. The van der Waals surface area contributed by atoms with Gasteiger partial charge in [-0.05, 0) is 50.5 Å². The molecule has 2 nitrogen and oxygen atoms in total. The van der Waals surface area contributed by atoms with E-state index in [2.05, 4.69) is 32.3 Å². The van der Waals surface area contributed by atoms with Gasteiger partial charge in [0.2, 0.25) is 0 Å². The van der Waals surface area contributed by atoms with Gasteiger partial charge < -0.3 is 4.74 Å². The standard InChI is InChI=1S/C18H32O2Si/c1-6-9-15-10-8-11-16(15)12-13-17(14-21(3,4)5)18(19)20-7-2/h6,13,15-16H,1,7-12,14H2,2-5H3/b17-13-/t15-,16+/m1/s1. The van der Waals surface area contributed by atoms with Gasteiger partial charge in [-0.3, -0.25) is 0 Å². The molecule has 1 aliphatic rings. The summed E-state index contributed by atoms with van der Waals surface area (Å²) >= 11 is 0. The largest absolute Gasteiger partial charge is 0.463 e. The quantitative estimate of drug-likeness (QED) is 0.267. The van der Waals surface area contributed by atoms with Crippen molar-refractivity contribution in [3.63, 3.8) is 0 Å². The second-order valence-corrected chi connectivity index (χ2v) is 12.9. The lowest BCUT2D eigenvalue weighted by Crippen LogP contribution is -2.23. The first kappa shape index (κ1) is 18.2. The predicted molar refractivity (Wildman–Crippen MR) is 93.1 cm³/mol. The van der Waals surface area contributed by atoms with Crippen LogP contribution in [-0.2, 0) is 9.53 Å². The SMILES string of the molecule is C=CC[C@@H]1CCC[C@H]1C/C=C(/C[Si](C)(C)C)C(=O)OCC. The van der Waals surface area contributed by atoms with Crippen molar-refractivity contribution in [1.29, 1.82) is 0 Å². The molecule has 0 aromatic heterocycles. The Labute approximate surface area is 131 Å². The van der Waals surface area contributed by atoms with Gasteiger partial charge in [0.05, 0.1) is 6.61 Å². The molecule has 0 spiro atoms. The third-order valence-corrected chi connectivity index (χ3v) is 5.65. The van der Waals surface area contributed by atoms with E-state index in [4.69, 9.17) is 4.74 Å². The first-order valence-corrected chi connectivity index (χ1v) is 12.0. The summed E-state index contributed by atoms with van der Waals surface area (Å²) in [5.74, 6) is 1.38. The summed E-state index contributed by atoms with van der Waals surface area (Å²) in [4.78, 5) is 12.1. The van der Waals surface area contributed by atoms with E-state index in [0.717, 1.165) is 30.4 Å². The van der Waals surface area contributed by atoms with E-state index in [1.807, 2.05) is 13.0 Å². The molecule has 1 fully saturated rings. The van der Waals surface area contributed by atoms with E-state index < -0.39 is 8.07 Å². The van der Waals surface area contributed by atoms with Crippen molar-refractivity contribution >= 4 is 14.0 Å². The summed E-state index contributed by atoms with van der Waals surface area (Å²) in [5.41, 5.74) is 0.917. The van der Waals surface area contributed by atoms with Crippen LogP contribution < -0.4 is 0 Å². The van der Waals surface area contributed by atoms with E-state index in [1.165, 1.54) is 19.3 Å². The molecule has 0 amide bonds. The molecule has 0 unspecified atom stereocenters. The fraction of sp³-hybridized carbons (Fsp3) is 0.722. The molecule has 0 radical (unpaired) electrons. The Morgan fingerprint density at radius 1 is 1.24 bits per heavy atom. The maximum absolute atomic E-state index is 12.1. The topological polar surface area (TPSA) is 26.3 Å². The van der Waals surface area contributed by atoms with Crippen LogP contribution in [0.5, 0.6) is 0 Å². The second kappa shape index (κ2) is 8.57. The predicted octanol–water partition coefficient (Wildman–Crippen LogP) is 5.20. The molecule has 0 aromatic rings. The van der Waals surface area contributed by atoms with Gasteiger partial charge in [-0.1, -0.05) is 38.2 Å². The molecule has 0 saturated heterocycles. The van der Waals surface area contributed by atoms with Crippen LogP contribution in [-0.4, -0.2) is 20.7 Å². The molecule has 0 aromatic carbocycles. The maximum Gasteiger partial charge on any atom is 0.333 e. The molecule has 1 saturated carbocycles. The van der Waals surface area contributed by atoms with Crippen LogP contribution >= 0.6 is 0 Å². The minimum absolute atomic E-state index is 0.0989. The van der Waals surface area contributed by atoms with Crippen LogP contribution in [0.25, 0.3) is 0 Å². The van der Waals surface area contributed by atoms with Crippen molar-refractivity contribution in [3.05, 3.63) is 24.3 Å². The monoisotopic (exact) mass is 308 g/mol. The van der Waals surface area contributed by atoms with Crippen LogP contribution in [0, 0.1) is 11.8 Å². The number of allylic oxidation sites excluding steroid dienone is 2. The van der Waals surface area contributed by atoms with Crippen molar-refractivity contribution in [2.75, 3.05) is 6.61 Å². The smallest absolute Gasteiger partial charge is 0.333 e. The third-order valence-electron chi connectivity index (χ3n) is 4.21. The van der Waals surface area contributed by atoms with E-state index >= 15 is 0 Å². The molecular weight excluding hydrogens is 276 g/mol. The van der Waals surface area contributed by atoms with Gasteiger partial charge in [0.1, 0.15) is 0 Å². The zero-order valence-corrected chi connectivity index (χ0v) is 15.3. The molecule has 0 bridgehead atoms. The van der Waals surface area contributed by atoms with E-state index in [-0.39, 0.29) is 5.97 Å². The van der Waals surface area contributed by atoms with Crippen LogP contribution in [0.3, 0.4) is 0 Å². The average molecular weight is 309 g/mol. The highest BCUT2D eigenvalue weighted by Crippen LogP contribution is 2.37. The first-order chi connectivity index (χ1) is 9.87. The summed E-state index contributed by atoms with van der Waals surface area (Å²) in [6.45, 7) is 13.1. The maximum atomic E-state index is 12.1. The average Bonchev–Trinajstić information content (AvgIpc) is 2.81. The lowest BCUT2D eigenvalue weighted by Gasteiger charge is -2.20. The third kappa shape index (κ3) is 6.64. The molecule has 0 aliphatic heterocycles. The molecule has 3 heteroatoms. The Balaban J connectivity index is 2.72. The molecule has 1 rings (SSSR count). The van der Waals surface area contributed by atoms with Crippen LogP contribution in [0.4, 0.5) is 0 Å². The number of hydrogen-bond donors (Lipinski definition) is 0. The van der Waals surface area contributed by atoms with Crippen LogP contribution in [0.15, 0.2) is 24.3 Å². The normalized spacial score (nSPS) is 23.1. The van der Waals surface area contributed by atoms with E-state index in [0.29, 0.717) is 12.5 Å². The zero-order valence-electron chi connectivity index (χ0n) is 14.3. The van der Waals surface area contributed by atoms with Crippen molar-refractivity contribution in [2.24, 2.45) is 11.8 Å². The summed E-state index contributed by atoms with van der Waals surface area (Å²) in [6, 6.07) is 0.921. The van der Waals surface area contributed by atoms with Gasteiger partial charge in [-0.15, -0.1) is 6.58 Å². The number of rotatable bonds is 8. The van der Waals surface area contributed by atoms with Gasteiger partial charge in [-0.25, -0.2) is 4.79 Å². The van der Waals surface area contributed by atoms with Crippen molar-refractivity contribution in [2.45, 2.75) is 64.7 Å². The minimum Gasteiger partial charge on any atom is -0.463 e. The van der Waals surface area contributed by atoms with Crippen molar-refractivity contribution in [3.8, 4) is 0 Å². The summed E-state index contributed by atoms with van der Waals surface area (Å²) in [6.07, 6.45) is 10.3. The molecule has 120 valence electrons. The van der Waals surface area contributed by atoms with Crippen molar-refractivity contribution in [1.82, 2.24) is 0 Å². The number of hydrogen-bond acceptors (Lipinski definition) is 2. The molecule has 21 heavy (non-hydrogen) atoms. The highest BCUT2D eigenvalue weighted by atomic mass is 28.3. The van der Waals surface area contributed by atoms with Crippen molar-refractivity contribution < 1.29 is 9.53 Å². The molecule has 0 heterocycles. The van der Waals surface area contributed by atoms with E-state index in [1.54, 1.807) is 0 Å². The van der Waals surface area contributed by atoms with Gasteiger partial charge >= 0.3 is 5.97 Å². The second-order valence-electron chi connectivity index (χ2n) is 7.40. The molecular formula is C18H32O2Si. The minimum atomic E-state index is -1.31. The van der Waals surface area contributed by atoms with Gasteiger partial charge in [-0.2, -0.15) is 0 Å². The molecule has 0 N–H and O–H groups in total. The zero-order chi connectivity index (χ0) is 15.9. The first-order valence-electron chi connectivity index (χ1n) is 8.34. The van der Waals surface area contributed by atoms with Crippen LogP contribution in [0.2, 0.25) is 25.7 Å². The Hall–Kier alpha value is -0.833. The van der Waals surface area contributed by atoms with Gasteiger partial charge in [0.15, 0.2) is 0 Å². The Kier molecular flexibility index (Phi) is 7.43. The van der Waals surface area contributed by atoms with Gasteiger partial charge in [0, 0.05) is 13.6 Å². The Morgan fingerprint density at radius 2 is 1.86 bits per heavy atom. The lowest BCUT2D eigenvalue weighted by molar-refractivity contribution is -0.138. The Morgan fingerprint density at radius 3 is 2.38 bits per heavy atom. The lowest BCUT2D eigenvalue weighted by atomic mass is 9.89. The summed E-state index contributed by atoms with van der Waals surface area (Å²) < 4.78 is 5.24.